The highest BCUT2D eigenvalue weighted by Gasteiger charge is 2.33. The zero-order chi connectivity index (χ0) is 11.7. The van der Waals surface area contributed by atoms with Crippen LogP contribution in [0, 0.1) is 0 Å². The van der Waals surface area contributed by atoms with Crippen LogP contribution in [0.15, 0.2) is 22.8 Å². The second-order valence-corrected chi connectivity index (χ2v) is 5.51. The number of piperazine rings is 1. The predicted octanol–water partition coefficient (Wildman–Crippen LogP) is 0.938. The van der Waals surface area contributed by atoms with Crippen molar-refractivity contribution < 1.29 is 0 Å². The van der Waals surface area contributed by atoms with Crippen LogP contribution in [0.2, 0.25) is 0 Å². The maximum atomic E-state index is 4.43. The van der Waals surface area contributed by atoms with Crippen LogP contribution >= 0.6 is 15.9 Å². The molecule has 0 amide bonds. The molecule has 2 saturated heterocycles. The minimum atomic E-state index is 0.714. The standard InChI is InChI=1S/C12H17BrN4/c13-11-2-1-3-15-12(11)17-8-10(9-17)16-6-4-14-5-7-16/h1-3,10,14H,4-9H2. The highest BCUT2D eigenvalue weighted by atomic mass is 79.9. The van der Waals surface area contributed by atoms with Gasteiger partial charge >= 0.3 is 0 Å². The van der Waals surface area contributed by atoms with Crippen molar-refractivity contribution in [1.82, 2.24) is 15.2 Å². The lowest BCUT2D eigenvalue weighted by atomic mass is 10.1. The molecule has 2 aliphatic rings. The Morgan fingerprint density at radius 2 is 2.06 bits per heavy atom. The van der Waals surface area contributed by atoms with Crippen molar-refractivity contribution in [3.05, 3.63) is 22.8 Å². The molecule has 3 heterocycles. The molecule has 5 heteroatoms. The Morgan fingerprint density at radius 3 is 2.76 bits per heavy atom. The molecule has 2 fully saturated rings. The van der Waals surface area contributed by atoms with Crippen LogP contribution in [0.3, 0.4) is 0 Å². The molecule has 0 aliphatic carbocycles. The van der Waals surface area contributed by atoms with Gasteiger partial charge in [-0.25, -0.2) is 4.98 Å². The molecule has 0 atom stereocenters. The van der Waals surface area contributed by atoms with Gasteiger partial charge in [-0.2, -0.15) is 0 Å². The molecule has 3 rings (SSSR count). The number of hydrogen-bond donors (Lipinski definition) is 1. The number of aromatic nitrogens is 1. The quantitative estimate of drug-likeness (QED) is 0.880. The van der Waals surface area contributed by atoms with Crippen LogP contribution in [0.4, 0.5) is 5.82 Å². The van der Waals surface area contributed by atoms with Gasteiger partial charge in [0.05, 0.1) is 4.47 Å². The smallest absolute Gasteiger partial charge is 0.142 e. The van der Waals surface area contributed by atoms with Crippen LogP contribution in [0.1, 0.15) is 0 Å². The summed E-state index contributed by atoms with van der Waals surface area (Å²) in [6.45, 7) is 6.84. The summed E-state index contributed by atoms with van der Waals surface area (Å²) in [7, 11) is 0. The van der Waals surface area contributed by atoms with E-state index in [-0.39, 0.29) is 0 Å². The van der Waals surface area contributed by atoms with E-state index in [1.54, 1.807) is 0 Å². The summed E-state index contributed by atoms with van der Waals surface area (Å²) >= 11 is 3.56. The van der Waals surface area contributed by atoms with Crippen molar-refractivity contribution in [3.8, 4) is 0 Å². The summed E-state index contributed by atoms with van der Waals surface area (Å²) in [5.74, 6) is 1.08. The summed E-state index contributed by atoms with van der Waals surface area (Å²) in [4.78, 5) is 9.36. The zero-order valence-corrected chi connectivity index (χ0v) is 11.4. The van der Waals surface area contributed by atoms with Gasteiger partial charge in [0, 0.05) is 51.5 Å². The maximum absolute atomic E-state index is 4.43. The highest BCUT2D eigenvalue weighted by Crippen LogP contribution is 2.28. The fourth-order valence-corrected chi connectivity index (χ4v) is 3.02. The molecule has 1 aromatic heterocycles. The van der Waals surface area contributed by atoms with Crippen molar-refractivity contribution in [2.24, 2.45) is 0 Å². The van der Waals surface area contributed by atoms with Crippen LogP contribution in [0.5, 0.6) is 0 Å². The number of rotatable bonds is 2. The first kappa shape index (κ1) is 11.4. The summed E-state index contributed by atoms with van der Waals surface area (Å²) < 4.78 is 1.10. The summed E-state index contributed by atoms with van der Waals surface area (Å²) in [5.41, 5.74) is 0. The summed E-state index contributed by atoms with van der Waals surface area (Å²) in [5, 5.41) is 3.39. The van der Waals surface area contributed by atoms with E-state index in [9.17, 15) is 0 Å². The van der Waals surface area contributed by atoms with Crippen LogP contribution < -0.4 is 10.2 Å². The second-order valence-electron chi connectivity index (χ2n) is 4.65. The van der Waals surface area contributed by atoms with Gasteiger partial charge in [0.2, 0.25) is 0 Å². The first-order valence-corrected chi connectivity index (χ1v) is 6.94. The molecule has 17 heavy (non-hydrogen) atoms. The fourth-order valence-electron chi connectivity index (χ4n) is 2.52. The Balaban J connectivity index is 1.59. The Labute approximate surface area is 110 Å². The molecule has 1 N–H and O–H groups in total. The largest absolute Gasteiger partial charge is 0.352 e. The molecule has 2 aliphatic heterocycles. The Bertz CT molecular complexity index is 386. The van der Waals surface area contributed by atoms with E-state index in [1.807, 2.05) is 12.3 Å². The van der Waals surface area contributed by atoms with Crippen molar-refractivity contribution in [2.45, 2.75) is 6.04 Å². The molecule has 92 valence electrons. The molecule has 0 aromatic carbocycles. The van der Waals surface area contributed by atoms with Gasteiger partial charge in [-0.05, 0) is 28.1 Å². The van der Waals surface area contributed by atoms with Gasteiger partial charge in [-0.1, -0.05) is 0 Å². The SMILES string of the molecule is Brc1cccnc1N1CC(N2CCNCC2)C1. The monoisotopic (exact) mass is 296 g/mol. The van der Waals surface area contributed by atoms with Crippen LogP contribution in [-0.2, 0) is 0 Å². The molecule has 0 spiro atoms. The number of nitrogens with zero attached hydrogens (tertiary/aromatic N) is 3. The minimum Gasteiger partial charge on any atom is -0.352 e. The third kappa shape index (κ3) is 2.32. The lowest BCUT2D eigenvalue weighted by molar-refractivity contribution is 0.147. The van der Waals surface area contributed by atoms with E-state index in [2.05, 4.69) is 42.1 Å². The Kier molecular flexibility index (Phi) is 3.31. The molecule has 0 unspecified atom stereocenters. The normalized spacial score (nSPS) is 22.5. The van der Waals surface area contributed by atoms with E-state index >= 15 is 0 Å². The van der Waals surface area contributed by atoms with E-state index in [0.717, 1.165) is 36.5 Å². The van der Waals surface area contributed by atoms with Crippen molar-refractivity contribution >= 4 is 21.7 Å². The van der Waals surface area contributed by atoms with E-state index in [0.29, 0.717) is 6.04 Å². The van der Waals surface area contributed by atoms with Gasteiger partial charge in [-0.15, -0.1) is 0 Å². The number of nitrogens with one attached hydrogen (secondary N) is 1. The minimum absolute atomic E-state index is 0.714. The second kappa shape index (κ2) is 4.92. The molecule has 0 bridgehead atoms. The van der Waals surface area contributed by atoms with Crippen molar-refractivity contribution in [1.29, 1.82) is 0 Å². The van der Waals surface area contributed by atoms with Gasteiger partial charge in [-0.3, -0.25) is 4.90 Å². The molecule has 0 saturated carbocycles. The molecule has 0 radical (unpaired) electrons. The van der Waals surface area contributed by atoms with Gasteiger partial charge < -0.3 is 10.2 Å². The Morgan fingerprint density at radius 1 is 1.29 bits per heavy atom. The summed E-state index contributed by atoms with van der Waals surface area (Å²) in [6.07, 6.45) is 1.86. The third-order valence-electron chi connectivity index (χ3n) is 3.57. The third-order valence-corrected chi connectivity index (χ3v) is 4.19. The van der Waals surface area contributed by atoms with Crippen LogP contribution in [-0.4, -0.2) is 55.2 Å². The summed E-state index contributed by atoms with van der Waals surface area (Å²) in [6, 6.07) is 4.73. The molecular formula is C12H17BrN4. The zero-order valence-electron chi connectivity index (χ0n) is 9.77. The van der Waals surface area contributed by atoms with Crippen LogP contribution in [0.25, 0.3) is 0 Å². The topological polar surface area (TPSA) is 31.4 Å². The lowest BCUT2D eigenvalue weighted by Gasteiger charge is -2.47. The van der Waals surface area contributed by atoms with Crippen molar-refractivity contribution in [3.63, 3.8) is 0 Å². The molecular weight excluding hydrogens is 280 g/mol. The number of halogens is 1. The molecule has 1 aromatic rings. The maximum Gasteiger partial charge on any atom is 0.142 e. The van der Waals surface area contributed by atoms with E-state index in [1.165, 1.54) is 13.1 Å². The first-order chi connectivity index (χ1) is 8.34. The Hall–Kier alpha value is -0.650. The molecule has 4 nitrogen and oxygen atoms in total. The predicted molar refractivity (Wildman–Crippen MR) is 72.4 cm³/mol. The first-order valence-electron chi connectivity index (χ1n) is 6.15. The average Bonchev–Trinajstić information content (AvgIpc) is 2.31. The highest BCUT2D eigenvalue weighted by molar-refractivity contribution is 9.10. The average molecular weight is 297 g/mol. The number of hydrogen-bond acceptors (Lipinski definition) is 4. The van der Waals surface area contributed by atoms with Gasteiger partial charge in [0.1, 0.15) is 5.82 Å². The fraction of sp³-hybridized carbons (Fsp3) is 0.583. The number of pyridine rings is 1. The van der Waals surface area contributed by atoms with Crippen molar-refractivity contribution in [2.75, 3.05) is 44.2 Å². The number of anilines is 1. The van der Waals surface area contributed by atoms with Gasteiger partial charge in [0.25, 0.3) is 0 Å². The van der Waals surface area contributed by atoms with E-state index < -0.39 is 0 Å². The van der Waals surface area contributed by atoms with E-state index in [4.69, 9.17) is 0 Å². The lowest BCUT2D eigenvalue weighted by Crippen LogP contribution is -2.63. The van der Waals surface area contributed by atoms with Gasteiger partial charge in [0.15, 0.2) is 0 Å².